The molecule has 4 rings (SSSR count). The van der Waals surface area contributed by atoms with Crippen LogP contribution in [0.4, 0.5) is 11.4 Å². The van der Waals surface area contributed by atoms with Gasteiger partial charge in [0.05, 0.1) is 48.1 Å². The van der Waals surface area contributed by atoms with Gasteiger partial charge in [-0.2, -0.15) is 10.2 Å². The van der Waals surface area contributed by atoms with Crippen LogP contribution in [0.5, 0.6) is 0 Å². The van der Waals surface area contributed by atoms with Crippen molar-refractivity contribution >= 4 is 17.3 Å². The number of aryl methyl sites for hydroxylation is 1. The first-order chi connectivity index (χ1) is 18.6. The van der Waals surface area contributed by atoms with Crippen molar-refractivity contribution in [3.05, 3.63) is 66.0 Å². The Balaban J connectivity index is 1.24. The Morgan fingerprint density at radius 1 is 1.10 bits per heavy atom. The summed E-state index contributed by atoms with van der Waals surface area (Å²) in [5.41, 5.74) is 7.35. The number of carbonyl (C=O) groups is 1. The summed E-state index contributed by atoms with van der Waals surface area (Å²) in [4.78, 5) is 10.9. The Morgan fingerprint density at radius 3 is 2.59 bits per heavy atom. The second-order valence-electron chi connectivity index (χ2n) is 9.66. The van der Waals surface area contributed by atoms with Crippen LogP contribution in [0.2, 0.25) is 0 Å². The van der Waals surface area contributed by atoms with E-state index in [1.165, 1.54) is 0 Å². The van der Waals surface area contributed by atoms with Gasteiger partial charge < -0.3 is 36.0 Å². The molecule has 0 aliphatic heterocycles. The normalized spacial score (nSPS) is 25.3. The summed E-state index contributed by atoms with van der Waals surface area (Å²) in [6, 6.07) is 13.2. The lowest BCUT2D eigenvalue weighted by molar-refractivity contribution is -0.209. The van der Waals surface area contributed by atoms with Gasteiger partial charge >= 0.3 is 5.97 Å². The fourth-order valence-electron chi connectivity index (χ4n) is 4.39. The molecule has 0 bridgehead atoms. The molecule has 2 aromatic carbocycles. The predicted octanol–water partition coefficient (Wildman–Crippen LogP) is 0.804. The summed E-state index contributed by atoms with van der Waals surface area (Å²) in [6.07, 6.45) is -1.65. The summed E-state index contributed by atoms with van der Waals surface area (Å²) in [5.74, 6) is -0.909. The highest BCUT2D eigenvalue weighted by atomic mass is 16.5. The molecule has 39 heavy (non-hydrogen) atoms. The van der Waals surface area contributed by atoms with E-state index >= 15 is 0 Å². The van der Waals surface area contributed by atoms with E-state index in [1.807, 2.05) is 12.1 Å². The van der Waals surface area contributed by atoms with Crippen molar-refractivity contribution in [3.63, 3.8) is 0 Å². The summed E-state index contributed by atoms with van der Waals surface area (Å²) >= 11 is 0. The molecule has 1 aliphatic carbocycles. The van der Waals surface area contributed by atoms with Crippen LogP contribution in [-0.2, 0) is 22.4 Å². The van der Waals surface area contributed by atoms with Crippen molar-refractivity contribution in [2.24, 2.45) is 16.0 Å². The SMILES string of the molecule is N[C@H]1C[C@](O)(COCCCc2cn(-c3ccc(N=Nc4cccc(CC(=O)O)c4)cc3)nn2)[C@@H](O)[C@H](O)[C@H]1O. The van der Waals surface area contributed by atoms with E-state index in [1.54, 1.807) is 47.3 Å². The zero-order chi connectivity index (χ0) is 28.0. The average Bonchev–Trinajstić information content (AvgIpc) is 3.39. The number of ether oxygens (including phenoxy) is 1. The number of hydrogen-bond donors (Lipinski definition) is 6. The molecular formula is C26H32N6O7. The number of aliphatic hydroxyl groups excluding tert-OH is 3. The molecule has 0 radical (unpaired) electrons. The lowest BCUT2D eigenvalue weighted by Gasteiger charge is -2.44. The molecule has 208 valence electrons. The second-order valence-corrected chi connectivity index (χ2v) is 9.66. The number of nitrogens with zero attached hydrogens (tertiary/aromatic N) is 5. The predicted molar refractivity (Wildman–Crippen MR) is 138 cm³/mol. The van der Waals surface area contributed by atoms with Crippen molar-refractivity contribution in [1.82, 2.24) is 15.0 Å². The Morgan fingerprint density at radius 2 is 1.85 bits per heavy atom. The van der Waals surface area contributed by atoms with Gasteiger partial charge in [-0.05, 0) is 61.2 Å². The molecule has 1 fully saturated rings. The average molecular weight is 541 g/mol. The molecule has 0 unspecified atom stereocenters. The van der Waals surface area contributed by atoms with Crippen LogP contribution in [0, 0.1) is 0 Å². The highest BCUT2D eigenvalue weighted by Gasteiger charge is 2.50. The van der Waals surface area contributed by atoms with Gasteiger partial charge in [0.15, 0.2) is 0 Å². The molecular weight excluding hydrogens is 508 g/mol. The molecule has 1 saturated carbocycles. The third kappa shape index (κ3) is 7.29. The van der Waals surface area contributed by atoms with Crippen LogP contribution >= 0.6 is 0 Å². The van der Waals surface area contributed by atoms with Crippen LogP contribution in [0.3, 0.4) is 0 Å². The van der Waals surface area contributed by atoms with Gasteiger partial charge in [0.1, 0.15) is 17.8 Å². The first-order valence-electron chi connectivity index (χ1n) is 12.5. The van der Waals surface area contributed by atoms with E-state index in [0.29, 0.717) is 29.8 Å². The van der Waals surface area contributed by atoms with E-state index in [-0.39, 0.29) is 26.1 Å². The Bertz CT molecular complexity index is 1280. The number of carboxylic acids is 1. The van der Waals surface area contributed by atoms with Crippen molar-refractivity contribution in [2.45, 2.75) is 55.6 Å². The molecule has 0 saturated heterocycles. The van der Waals surface area contributed by atoms with Gasteiger partial charge in [0, 0.05) is 12.6 Å². The maximum Gasteiger partial charge on any atom is 0.307 e. The summed E-state index contributed by atoms with van der Waals surface area (Å²) in [6.45, 7) is 0.0461. The van der Waals surface area contributed by atoms with Crippen LogP contribution in [0.25, 0.3) is 5.69 Å². The maximum absolute atomic E-state index is 10.9. The lowest BCUT2D eigenvalue weighted by atomic mass is 9.77. The van der Waals surface area contributed by atoms with Crippen LogP contribution in [0.15, 0.2) is 65.0 Å². The largest absolute Gasteiger partial charge is 0.481 e. The fourth-order valence-corrected chi connectivity index (χ4v) is 4.39. The van der Waals surface area contributed by atoms with Gasteiger partial charge in [0.2, 0.25) is 0 Å². The third-order valence-corrected chi connectivity index (χ3v) is 6.53. The van der Waals surface area contributed by atoms with Gasteiger partial charge in [-0.3, -0.25) is 4.79 Å². The first-order valence-corrected chi connectivity index (χ1v) is 12.5. The number of rotatable bonds is 11. The minimum atomic E-state index is -1.74. The van der Waals surface area contributed by atoms with Crippen molar-refractivity contribution < 1.29 is 35.1 Å². The molecule has 0 amide bonds. The third-order valence-electron chi connectivity index (χ3n) is 6.53. The van der Waals surface area contributed by atoms with Crippen molar-refractivity contribution in [1.29, 1.82) is 0 Å². The number of aliphatic hydroxyl groups is 4. The number of carboxylic acid groups (broad SMARTS) is 1. The summed E-state index contributed by atoms with van der Waals surface area (Å²) in [5, 5.41) is 66.0. The van der Waals surface area contributed by atoms with E-state index in [4.69, 9.17) is 15.6 Å². The molecule has 0 spiro atoms. The Labute approximate surface area is 224 Å². The number of azo groups is 1. The quantitative estimate of drug-likeness (QED) is 0.149. The highest BCUT2D eigenvalue weighted by molar-refractivity contribution is 5.70. The standard InChI is InChI=1S/C26H32N6O7/c27-21-13-26(38,25(37)24(36)23(21)35)15-39-10-2-5-19-14-32(31-30-19)20-8-6-17(7-9-20)28-29-18-4-1-3-16(11-18)12-22(33)34/h1,3-4,6-9,11,14,21,23-25,35-38H,2,5,10,12-13,15,27H2,(H,33,34)/t21-,23-,24+,25-,26-/m0/s1. The molecule has 1 aliphatic rings. The van der Waals surface area contributed by atoms with E-state index in [2.05, 4.69) is 20.5 Å². The molecule has 3 aromatic rings. The molecule has 1 heterocycles. The zero-order valence-corrected chi connectivity index (χ0v) is 21.1. The molecule has 13 heteroatoms. The monoisotopic (exact) mass is 540 g/mol. The molecule has 13 nitrogen and oxygen atoms in total. The number of aliphatic carboxylic acids is 1. The van der Waals surface area contributed by atoms with E-state index in [0.717, 1.165) is 11.4 Å². The topological polar surface area (TPSA) is 209 Å². The van der Waals surface area contributed by atoms with Gasteiger partial charge in [-0.1, -0.05) is 17.3 Å². The Kier molecular flexibility index (Phi) is 9.12. The van der Waals surface area contributed by atoms with Gasteiger partial charge in [-0.25, -0.2) is 4.68 Å². The number of nitrogens with two attached hydrogens (primary N) is 1. The van der Waals surface area contributed by atoms with Crippen LogP contribution in [0.1, 0.15) is 24.1 Å². The van der Waals surface area contributed by atoms with Gasteiger partial charge in [0.25, 0.3) is 0 Å². The highest BCUT2D eigenvalue weighted by Crippen LogP contribution is 2.29. The van der Waals surface area contributed by atoms with Crippen molar-refractivity contribution in [2.75, 3.05) is 13.2 Å². The molecule has 5 atom stereocenters. The smallest absolute Gasteiger partial charge is 0.307 e. The minimum Gasteiger partial charge on any atom is -0.481 e. The zero-order valence-electron chi connectivity index (χ0n) is 21.1. The van der Waals surface area contributed by atoms with Gasteiger partial charge in [-0.15, -0.1) is 5.10 Å². The van der Waals surface area contributed by atoms with Crippen LogP contribution in [-0.4, -0.2) is 89.7 Å². The second kappa shape index (κ2) is 12.5. The van der Waals surface area contributed by atoms with Crippen LogP contribution < -0.4 is 5.73 Å². The molecule has 7 N–H and O–H groups in total. The summed E-state index contributed by atoms with van der Waals surface area (Å²) in [7, 11) is 0. The number of hydrogen-bond acceptors (Lipinski definition) is 11. The van der Waals surface area contributed by atoms with E-state index < -0.39 is 35.9 Å². The first kappa shape index (κ1) is 28.4. The molecule has 1 aromatic heterocycles. The number of benzene rings is 2. The lowest BCUT2D eigenvalue weighted by Crippen LogP contribution is -2.66. The minimum absolute atomic E-state index is 0.0789. The maximum atomic E-state index is 10.9. The van der Waals surface area contributed by atoms with E-state index in [9.17, 15) is 25.2 Å². The number of aromatic nitrogens is 3. The van der Waals surface area contributed by atoms with Crippen molar-refractivity contribution in [3.8, 4) is 5.69 Å². The summed E-state index contributed by atoms with van der Waals surface area (Å²) < 4.78 is 7.15. The Hall–Kier alpha value is -3.59. The fraction of sp³-hybridized carbons (Fsp3) is 0.423.